The largest absolute Gasteiger partial charge is 0.384 e. The maximum absolute atomic E-state index is 12.3. The van der Waals surface area contributed by atoms with Crippen molar-refractivity contribution in [3.05, 3.63) is 58.5 Å². The van der Waals surface area contributed by atoms with Crippen molar-refractivity contribution >= 4 is 17.2 Å². The lowest BCUT2D eigenvalue weighted by Gasteiger charge is -2.22. The van der Waals surface area contributed by atoms with Crippen LogP contribution in [0, 0.1) is 0 Å². The van der Waals surface area contributed by atoms with Crippen molar-refractivity contribution in [2.45, 2.75) is 12.5 Å². The van der Waals surface area contributed by atoms with E-state index in [1.807, 2.05) is 16.8 Å². The number of hydrogen-bond donors (Lipinski definition) is 2. The number of amides is 1. The first kappa shape index (κ1) is 15.3. The molecular weight excluding hydrogens is 314 g/mol. The summed E-state index contributed by atoms with van der Waals surface area (Å²) in [6.07, 6.45) is 1.46. The van der Waals surface area contributed by atoms with Crippen LogP contribution in [0.4, 0.5) is 0 Å². The highest BCUT2D eigenvalue weighted by molar-refractivity contribution is 7.08. The molecule has 0 bridgehead atoms. The second-order valence-corrected chi connectivity index (χ2v) is 6.05. The van der Waals surface area contributed by atoms with Crippen LogP contribution in [0.1, 0.15) is 22.8 Å². The van der Waals surface area contributed by atoms with Crippen molar-refractivity contribution in [2.75, 3.05) is 6.54 Å². The molecule has 0 spiro atoms. The van der Waals surface area contributed by atoms with E-state index in [1.165, 1.54) is 22.3 Å². The summed E-state index contributed by atoms with van der Waals surface area (Å²) in [7, 11) is 0. The molecule has 3 rings (SSSR count). The summed E-state index contributed by atoms with van der Waals surface area (Å²) < 4.78 is 1.47. The Morgan fingerprint density at radius 2 is 2.30 bits per heavy atom. The van der Waals surface area contributed by atoms with E-state index >= 15 is 0 Å². The second-order valence-electron chi connectivity index (χ2n) is 5.27. The molecule has 3 aromatic rings. The van der Waals surface area contributed by atoms with Gasteiger partial charge in [-0.1, -0.05) is 6.07 Å². The first-order valence-corrected chi connectivity index (χ1v) is 7.87. The van der Waals surface area contributed by atoms with Gasteiger partial charge < -0.3 is 10.4 Å². The van der Waals surface area contributed by atoms with E-state index in [9.17, 15) is 9.90 Å². The molecule has 2 aromatic heterocycles. The Bertz CT molecular complexity index is 784. The third kappa shape index (κ3) is 3.43. The van der Waals surface area contributed by atoms with Gasteiger partial charge in [-0.2, -0.15) is 11.3 Å². The minimum atomic E-state index is -1.11. The van der Waals surface area contributed by atoms with Crippen LogP contribution in [-0.4, -0.2) is 37.8 Å². The van der Waals surface area contributed by atoms with Gasteiger partial charge in [0.05, 0.1) is 12.2 Å². The third-order valence-electron chi connectivity index (χ3n) is 3.46. The Balaban J connectivity index is 1.70. The Kier molecular flexibility index (Phi) is 4.18. The number of hydrogen-bond acceptors (Lipinski definition) is 6. The fraction of sp³-hybridized carbons (Fsp3) is 0.200. The Labute approximate surface area is 136 Å². The van der Waals surface area contributed by atoms with Crippen LogP contribution in [0.25, 0.3) is 5.69 Å². The van der Waals surface area contributed by atoms with Crippen molar-refractivity contribution < 1.29 is 9.90 Å². The molecule has 1 unspecified atom stereocenters. The summed E-state index contributed by atoms with van der Waals surface area (Å²) in [6.45, 7) is 1.80. The van der Waals surface area contributed by atoms with Gasteiger partial charge in [0.1, 0.15) is 11.9 Å². The Morgan fingerprint density at radius 3 is 3.00 bits per heavy atom. The fourth-order valence-corrected chi connectivity index (χ4v) is 2.88. The van der Waals surface area contributed by atoms with Gasteiger partial charge in [0.25, 0.3) is 5.91 Å². The molecule has 1 aromatic carbocycles. The van der Waals surface area contributed by atoms with E-state index in [2.05, 4.69) is 20.8 Å². The zero-order valence-electron chi connectivity index (χ0n) is 12.4. The number of nitrogens with zero attached hydrogens (tertiary/aromatic N) is 4. The highest BCUT2D eigenvalue weighted by Crippen LogP contribution is 2.22. The lowest BCUT2D eigenvalue weighted by atomic mass is 9.99. The number of carbonyl (C=O) groups excluding carboxylic acids is 1. The monoisotopic (exact) mass is 329 g/mol. The van der Waals surface area contributed by atoms with Crippen molar-refractivity contribution in [2.24, 2.45) is 0 Å². The van der Waals surface area contributed by atoms with Gasteiger partial charge in [-0.3, -0.25) is 4.79 Å². The summed E-state index contributed by atoms with van der Waals surface area (Å²) in [4.78, 5) is 12.3. The van der Waals surface area contributed by atoms with Crippen LogP contribution in [0.3, 0.4) is 0 Å². The normalized spacial score (nSPS) is 13.5. The lowest BCUT2D eigenvalue weighted by Crippen LogP contribution is -2.38. The van der Waals surface area contributed by atoms with Gasteiger partial charge in [-0.25, -0.2) is 4.68 Å². The van der Waals surface area contributed by atoms with E-state index in [-0.39, 0.29) is 12.5 Å². The molecule has 0 aliphatic rings. The van der Waals surface area contributed by atoms with Gasteiger partial charge in [0.2, 0.25) is 0 Å². The second kappa shape index (κ2) is 6.27. The minimum Gasteiger partial charge on any atom is -0.384 e. The first-order valence-electron chi connectivity index (χ1n) is 6.93. The Morgan fingerprint density at radius 1 is 1.43 bits per heavy atom. The molecule has 0 radical (unpaired) electrons. The molecule has 0 aliphatic carbocycles. The van der Waals surface area contributed by atoms with E-state index in [1.54, 1.807) is 31.2 Å². The van der Waals surface area contributed by atoms with Crippen LogP contribution >= 0.6 is 11.3 Å². The van der Waals surface area contributed by atoms with E-state index in [0.29, 0.717) is 11.3 Å². The summed E-state index contributed by atoms with van der Waals surface area (Å²) in [5, 5.41) is 27.9. The first-order chi connectivity index (χ1) is 11.1. The van der Waals surface area contributed by atoms with Crippen molar-refractivity contribution in [1.29, 1.82) is 0 Å². The maximum atomic E-state index is 12.3. The van der Waals surface area contributed by atoms with Gasteiger partial charge in [-0.15, -0.1) is 5.10 Å². The number of carbonyl (C=O) groups is 1. The van der Waals surface area contributed by atoms with Crippen LogP contribution in [0.15, 0.2) is 47.4 Å². The smallest absolute Gasteiger partial charge is 0.251 e. The van der Waals surface area contributed by atoms with Crippen molar-refractivity contribution in [3.63, 3.8) is 0 Å². The third-order valence-corrected chi connectivity index (χ3v) is 4.14. The summed E-state index contributed by atoms with van der Waals surface area (Å²) in [5.74, 6) is -0.268. The molecule has 8 heteroatoms. The molecule has 2 N–H and O–H groups in total. The number of rotatable bonds is 5. The molecule has 0 aliphatic heterocycles. The van der Waals surface area contributed by atoms with Gasteiger partial charge >= 0.3 is 0 Å². The molecule has 0 saturated carbocycles. The van der Waals surface area contributed by atoms with E-state index < -0.39 is 5.60 Å². The topological polar surface area (TPSA) is 92.9 Å². The minimum absolute atomic E-state index is 0.123. The fourth-order valence-electron chi connectivity index (χ4n) is 2.10. The zero-order chi connectivity index (χ0) is 16.3. The average molecular weight is 329 g/mol. The van der Waals surface area contributed by atoms with E-state index in [0.717, 1.165) is 5.56 Å². The number of aromatic nitrogens is 4. The number of thiophene rings is 1. The number of tetrazole rings is 1. The molecule has 118 valence electrons. The molecule has 7 nitrogen and oxygen atoms in total. The molecule has 1 atom stereocenters. The summed E-state index contributed by atoms with van der Waals surface area (Å²) in [5.41, 5.74) is 0.833. The van der Waals surface area contributed by atoms with Crippen LogP contribution < -0.4 is 5.32 Å². The highest BCUT2D eigenvalue weighted by Gasteiger charge is 2.24. The molecule has 0 saturated heterocycles. The summed E-state index contributed by atoms with van der Waals surface area (Å²) >= 11 is 1.50. The standard InChI is InChI=1S/C15H15N5O2S/c1-15(22,12-5-6-23-8-12)9-16-14(21)11-3-2-4-13(7-11)20-10-17-18-19-20/h2-8,10,22H,9H2,1H3,(H,16,21). The van der Waals surface area contributed by atoms with Crippen LogP contribution in [0.5, 0.6) is 0 Å². The zero-order valence-corrected chi connectivity index (χ0v) is 13.2. The lowest BCUT2D eigenvalue weighted by molar-refractivity contribution is 0.0530. The SMILES string of the molecule is CC(O)(CNC(=O)c1cccc(-n2cnnn2)c1)c1ccsc1. The number of nitrogens with one attached hydrogen (secondary N) is 1. The van der Waals surface area contributed by atoms with Crippen LogP contribution in [0.2, 0.25) is 0 Å². The van der Waals surface area contributed by atoms with Crippen molar-refractivity contribution in [1.82, 2.24) is 25.5 Å². The molecular formula is C15H15N5O2S. The molecule has 2 heterocycles. The molecule has 1 amide bonds. The number of aliphatic hydroxyl groups is 1. The Hall–Kier alpha value is -2.58. The summed E-state index contributed by atoms with van der Waals surface area (Å²) in [6, 6.07) is 8.78. The molecule has 23 heavy (non-hydrogen) atoms. The predicted molar refractivity (Wildman–Crippen MR) is 85.4 cm³/mol. The van der Waals surface area contributed by atoms with Gasteiger partial charge in [-0.05, 0) is 57.9 Å². The predicted octanol–water partition coefficient (Wildman–Crippen LogP) is 1.36. The van der Waals surface area contributed by atoms with Crippen molar-refractivity contribution in [3.8, 4) is 5.69 Å². The van der Waals surface area contributed by atoms with Gasteiger partial charge in [0.15, 0.2) is 0 Å². The number of benzene rings is 1. The quantitative estimate of drug-likeness (QED) is 0.737. The molecule has 0 fully saturated rings. The maximum Gasteiger partial charge on any atom is 0.251 e. The highest BCUT2D eigenvalue weighted by atomic mass is 32.1. The average Bonchev–Trinajstić information content (AvgIpc) is 3.25. The van der Waals surface area contributed by atoms with Gasteiger partial charge in [0, 0.05) is 5.56 Å². The van der Waals surface area contributed by atoms with Crippen LogP contribution in [-0.2, 0) is 5.60 Å². The van der Waals surface area contributed by atoms with E-state index in [4.69, 9.17) is 0 Å².